The maximum Gasteiger partial charge on any atom is 0.231 e. The fraction of sp³-hybridized carbons (Fsp3) is 0.571. The summed E-state index contributed by atoms with van der Waals surface area (Å²) in [6, 6.07) is 6.19. The number of nitrogens with zero attached hydrogens (tertiary/aromatic N) is 2. The van der Waals surface area contributed by atoms with E-state index in [9.17, 15) is 0 Å². The average Bonchev–Trinajstić information content (AvgIpc) is 2.87. The number of piperazine rings is 1. The van der Waals surface area contributed by atoms with Gasteiger partial charge in [0.1, 0.15) is 0 Å². The summed E-state index contributed by atoms with van der Waals surface area (Å²) in [6.45, 7) is 6.73. The first kappa shape index (κ1) is 12.7. The van der Waals surface area contributed by atoms with Gasteiger partial charge in [0.05, 0.1) is 6.67 Å². The lowest BCUT2D eigenvalue weighted by molar-refractivity contribution is 0.135. The molecule has 5 nitrogen and oxygen atoms in total. The molecule has 0 saturated carbocycles. The molecule has 0 radical (unpaired) electrons. The van der Waals surface area contributed by atoms with Gasteiger partial charge in [-0.2, -0.15) is 0 Å². The summed E-state index contributed by atoms with van der Waals surface area (Å²) in [5, 5.41) is 3.38. The van der Waals surface area contributed by atoms with Crippen molar-refractivity contribution >= 4 is 0 Å². The zero-order valence-corrected chi connectivity index (χ0v) is 11.4. The second-order valence-corrected chi connectivity index (χ2v) is 5.21. The Hall–Kier alpha value is -1.30. The summed E-state index contributed by atoms with van der Waals surface area (Å²) in [5.74, 6) is 1.72. The number of rotatable bonds is 4. The summed E-state index contributed by atoms with van der Waals surface area (Å²) >= 11 is 0. The lowest BCUT2D eigenvalue weighted by Gasteiger charge is -2.31. The number of hydrogen-bond donors (Lipinski definition) is 1. The molecule has 1 fully saturated rings. The van der Waals surface area contributed by atoms with Crippen LogP contribution in [-0.4, -0.2) is 56.5 Å². The summed E-state index contributed by atoms with van der Waals surface area (Å²) in [6.07, 6.45) is 0. The molecule has 3 rings (SSSR count). The first-order valence-electron chi connectivity index (χ1n) is 6.81. The zero-order chi connectivity index (χ0) is 13.1. The minimum atomic E-state index is 0.343. The van der Waals surface area contributed by atoms with Crippen molar-refractivity contribution in [1.29, 1.82) is 0 Å². The molecule has 2 heterocycles. The third-order valence-electron chi connectivity index (χ3n) is 3.54. The van der Waals surface area contributed by atoms with Crippen molar-refractivity contribution in [3.63, 3.8) is 0 Å². The highest BCUT2D eigenvalue weighted by atomic mass is 16.7. The number of nitrogens with one attached hydrogen (secondary N) is 1. The molecule has 0 aromatic heterocycles. The van der Waals surface area contributed by atoms with Crippen LogP contribution in [0.2, 0.25) is 0 Å². The van der Waals surface area contributed by atoms with Crippen molar-refractivity contribution in [3.05, 3.63) is 23.8 Å². The number of benzene rings is 1. The van der Waals surface area contributed by atoms with E-state index in [0.717, 1.165) is 50.9 Å². The van der Waals surface area contributed by atoms with Gasteiger partial charge in [-0.05, 0) is 24.7 Å². The van der Waals surface area contributed by atoms with Crippen LogP contribution in [0.5, 0.6) is 11.5 Å². The molecule has 5 heteroatoms. The van der Waals surface area contributed by atoms with Crippen molar-refractivity contribution < 1.29 is 9.47 Å². The third-order valence-corrected chi connectivity index (χ3v) is 3.54. The van der Waals surface area contributed by atoms with Crippen LogP contribution in [-0.2, 0) is 6.54 Å². The SMILES string of the molecule is CN(Cc1ccc2c(c1)OCO2)CN1CCNCC1. The molecule has 19 heavy (non-hydrogen) atoms. The molecule has 1 saturated heterocycles. The second kappa shape index (κ2) is 5.77. The van der Waals surface area contributed by atoms with Gasteiger partial charge in [-0.15, -0.1) is 0 Å². The molecular formula is C14H21N3O2. The van der Waals surface area contributed by atoms with Crippen LogP contribution in [0.3, 0.4) is 0 Å². The molecule has 0 bridgehead atoms. The van der Waals surface area contributed by atoms with Crippen LogP contribution in [0.1, 0.15) is 5.56 Å². The van der Waals surface area contributed by atoms with Crippen molar-refractivity contribution in [2.45, 2.75) is 6.54 Å². The highest BCUT2D eigenvalue weighted by Gasteiger charge is 2.15. The molecular weight excluding hydrogens is 242 g/mol. The monoisotopic (exact) mass is 263 g/mol. The van der Waals surface area contributed by atoms with Gasteiger partial charge in [-0.3, -0.25) is 9.80 Å². The van der Waals surface area contributed by atoms with Gasteiger partial charge < -0.3 is 14.8 Å². The van der Waals surface area contributed by atoms with Crippen molar-refractivity contribution in [2.75, 3.05) is 46.7 Å². The molecule has 2 aliphatic rings. The van der Waals surface area contributed by atoms with E-state index < -0.39 is 0 Å². The van der Waals surface area contributed by atoms with Crippen LogP contribution < -0.4 is 14.8 Å². The summed E-state index contributed by atoms with van der Waals surface area (Å²) in [7, 11) is 2.16. The molecule has 0 aliphatic carbocycles. The molecule has 0 atom stereocenters. The van der Waals surface area contributed by atoms with E-state index in [1.165, 1.54) is 5.56 Å². The maximum absolute atomic E-state index is 5.41. The number of ether oxygens (including phenoxy) is 2. The summed E-state index contributed by atoms with van der Waals surface area (Å²) < 4.78 is 10.7. The van der Waals surface area contributed by atoms with E-state index >= 15 is 0 Å². The molecule has 1 aromatic carbocycles. The predicted molar refractivity (Wildman–Crippen MR) is 73.3 cm³/mol. The Morgan fingerprint density at radius 1 is 1.21 bits per heavy atom. The highest BCUT2D eigenvalue weighted by molar-refractivity contribution is 5.44. The Bertz CT molecular complexity index is 433. The van der Waals surface area contributed by atoms with Crippen LogP contribution in [0.4, 0.5) is 0 Å². The molecule has 104 valence electrons. The van der Waals surface area contributed by atoms with E-state index in [4.69, 9.17) is 9.47 Å². The van der Waals surface area contributed by atoms with Crippen LogP contribution in [0.15, 0.2) is 18.2 Å². The Labute approximate surface area is 114 Å². The average molecular weight is 263 g/mol. The Morgan fingerprint density at radius 3 is 2.84 bits per heavy atom. The lowest BCUT2D eigenvalue weighted by Crippen LogP contribution is -2.47. The van der Waals surface area contributed by atoms with E-state index in [-0.39, 0.29) is 0 Å². The van der Waals surface area contributed by atoms with E-state index in [0.29, 0.717) is 6.79 Å². The van der Waals surface area contributed by atoms with Gasteiger partial charge in [-0.25, -0.2) is 0 Å². The van der Waals surface area contributed by atoms with Crippen molar-refractivity contribution in [2.24, 2.45) is 0 Å². The van der Waals surface area contributed by atoms with Gasteiger partial charge in [0.25, 0.3) is 0 Å². The molecule has 2 aliphatic heterocycles. The van der Waals surface area contributed by atoms with Crippen molar-refractivity contribution in [1.82, 2.24) is 15.1 Å². The number of hydrogen-bond acceptors (Lipinski definition) is 5. The second-order valence-electron chi connectivity index (χ2n) is 5.21. The summed E-state index contributed by atoms with van der Waals surface area (Å²) in [5.41, 5.74) is 1.27. The molecule has 1 N–H and O–H groups in total. The van der Waals surface area contributed by atoms with Crippen molar-refractivity contribution in [3.8, 4) is 11.5 Å². The van der Waals surface area contributed by atoms with Crippen LogP contribution >= 0.6 is 0 Å². The first-order valence-corrected chi connectivity index (χ1v) is 6.81. The zero-order valence-electron chi connectivity index (χ0n) is 11.4. The van der Waals surface area contributed by atoms with Gasteiger partial charge in [0.15, 0.2) is 11.5 Å². The Balaban J connectivity index is 1.55. The quantitative estimate of drug-likeness (QED) is 0.866. The van der Waals surface area contributed by atoms with Gasteiger partial charge >= 0.3 is 0 Å². The lowest BCUT2D eigenvalue weighted by atomic mass is 10.2. The molecule has 0 unspecified atom stereocenters. The predicted octanol–water partition coefficient (Wildman–Crippen LogP) is 0.710. The number of fused-ring (bicyclic) bond motifs is 1. The van der Waals surface area contributed by atoms with E-state index in [2.05, 4.69) is 34.3 Å². The Kier molecular flexibility index (Phi) is 3.87. The van der Waals surface area contributed by atoms with Crippen LogP contribution in [0, 0.1) is 0 Å². The van der Waals surface area contributed by atoms with Gasteiger partial charge in [0, 0.05) is 32.7 Å². The normalized spacial score (nSPS) is 19.1. The molecule has 0 amide bonds. The van der Waals surface area contributed by atoms with E-state index in [1.807, 2.05) is 6.07 Å². The largest absolute Gasteiger partial charge is 0.454 e. The molecule has 0 spiro atoms. The minimum absolute atomic E-state index is 0.343. The first-order chi connectivity index (χ1) is 9.31. The highest BCUT2D eigenvalue weighted by Crippen LogP contribution is 2.32. The Morgan fingerprint density at radius 2 is 2.00 bits per heavy atom. The minimum Gasteiger partial charge on any atom is -0.454 e. The topological polar surface area (TPSA) is 37.0 Å². The molecule has 1 aromatic rings. The summed E-state index contributed by atoms with van der Waals surface area (Å²) in [4.78, 5) is 4.81. The van der Waals surface area contributed by atoms with E-state index in [1.54, 1.807) is 0 Å². The standard InChI is InChI=1S/C14H21N3O2/c1-16(10-17-6-4-15-5-7-17)9-12-2-3-13-14(8-12)19-11-18-13/h2-3,8,15H,4-7,9-11H2,1H3. The maximum atomic E-state index is 5.41. The third kappa shape index (κ3) is 3.18. The fourth-order valence-electron chi connectivity index (χ4n) is 2.59. The van der Waals surface area contributed by atoms with Gasteiger partial charge in [-0.1, -0.05) is 6.07 Å². The van der Waals surface area contributed by atoms with Gasteiger partial charge in [0.2, 0.25) is 6.79 Å². The smallest absolute Gasteiger partial charge is 0.231 e. The fourth-order valence-corrected chi connectivity index (χ4v) is 2.59. The van der Waals surface area contributed by atoms with Crippen LogP contribution in [0.25, 0.3) is 0 Å².